The highest BCUT2D eigenvalue weighted by atomic mass is 32.1. The van der Waals surface area contributed by atoms with Crippen LogP contribution >= 0.6 is 12.6 Å². The summed E-state index contributed by atoms with van der Waals surface area (Å²) in [5.41, 5.74) is -0.601. The van der Waals surface area contributed by atoms with Gasteiger partial charge in [-0.25, -0.2) is 0 Å². The van der Waals surface area contributed by atoms with Crippen LogP contribution in [0.5, 0.6) is 0 Å². The Labute approximate surface area is 99.0 Å². The summed E-state index contributed by atoms with van der Waals surface area (Å²) in [4.78, 5) is 18.9. The number of nitrogens with zero attached hydrogens (tertiary/aromatic N) is 2. The summed E-state index contributed by atoms with van der Waals surface area (Å²) in [7, 11) is 0. The lowest BCUT2D eigenvalue weighted by Crippen LogP contribution is -2.32. The van der Waals surface area contributed by atoms with E-state index < -0.39 is 18.0 Å². The number of aliphatic hydroxyl groups excluding tert-OH is 1. The van der Waals surface area contributed by atoms with Gasteiger partial charge in [0.15, 0.2) is 0 Å². The number of carboxylic acid groups (broad SMARTS) is 1. The Hall–Kier alpha value is -1.14. The number of aliphatic hydroxyl groups is 1. The van der Waals surface area contributed by atoms with E-state index in [1.54, 1.807) is 0 Å². The van der Waals surface area contributed by atoms with Gasteiger partial charge in [-0.05, 0) is 13.3 Å². The molecule has 0 aliphatic heterocycles. The fourth-order valence-electron chi connectivity index (χ4n) is 1.23. The third kappa shape index (κ3) is 2.93. The summed E-state index contributed by atoms with van der Waals surface area (Å²) < 4.78 is 0. The highest BCUT2D eigenvalue weighted by Crippen LogP contribution is 2.33. The van der Waals surface area contributed by atoms with Gasteiger partial charge in [0.2, 0.25) is 0 Å². The average molecular weight is 242 g/mol. The number of aliphatic carboxylic acids is 1. The predicted molar refractivity (Wildman–Crippen MR) is 61.2 cm³/mol. The first kappa shape index (κ1) is 12.9. The van der Waals surface area contributed by atoms with E-state index in [9.17, 15) is 4.79 Å². The van der Waals surface area contributed by atoms with E-state index in [2.05, 4.69) is 22.6 Å². The van der Waals surface area contributed by atoms with E-state index >= 15 is 0 Å². The van der Waals surface area contributed by atoms with Crippen LogP contribution in [0.25, 0.3) is 0 Å². The van der Waals surface area contributed by atoms with Gasteiger partial charge < -0.3 is 10.2 Å². The van der Waals surface area contributed by atoms with Gasteiger partial charge in [0.05, 0.1) is 17.7 Å². The van der Waals surface area contributed by atoms with Crippen molar-refractivity contribution >= 4 is 18.6 Å². The number of hydrogen-bond donors (Lipinski definition) is 3. The van der Waals surface area contributed by atoms with E-state index in [-0.39, 0.29) is 11.7 Å². The molecule has 1 heterocycles. The number of aromatic nitrogens is 2. The molecule has 0 amide bonds. The topological polar surface area (TPSA) is 83.3 Å². The van der Waals surface area contributed by atoms with Crippen molar-refractivity contribution < 1.29 is 15.0 Å². The van der Waals surface area contributed by atoms with Gasteiger partial charge in [0.1, 0.15) is 0 Å². The molecular weight excluding hydrogens is 228 g/mol. The van der Waals surface area contributed by atoms with Crippen molar-refractivity contribution in [2.45, 2.75) is 18.6 Å². The van der Waals surface area contributed by atoms with Crippen molar-refractivity contribution in [2.24, 2.45) is 5.41 Å². The zero-order chi connectivity index (χ0) is 12.2. The minimum atomic E-state index is -1.20. The highest BCUT2D eigenvalue weighted by Gasteiger charge is 2.35. The van der Waals surface area contributed by atoms with Crippen LogP contribution in [0.1, 0.15) is 24.3 Å². The number of rotatable bonds is 5. The Balaban J connectivity index is 2.78. The maximum atomic E-state index is 11.0. The summed E-state index contributed by atoms with van der Waals surface area (Å²) in [6.45, 7) is 1.05. The minimum Gasteiger partial charge on any atom is -0.481 e. The van der Waals surface area contributed by atoms with E-state index in [1.807, 2.05) is 0 Å². The molecule has 1 aromatic rings. The molecule has 1 aromatic heterocycles. The molecule has 88 valence electrons. The van der Waals surface area contributed by atoms with Gasteiger partial charge in [0, 0.05) is 23.8 Å². The maximum absolute atomic E-state index is 11.0. The Bertz CT molecular complexity index is 360. The molecule has 5 nitrogen and oxygen atoms in total. The molecule has 1 rings (SSSR count). The van der Waals surface area contributed by atoms with Gasteiger partial charge in [0.25, 0.3) is 0 Å². The molecule has 6 heteroatoms. The monoisotopic (exact) mass is 242 g/mol. The number of carbonyl (C=O) groups is 1. The van der Waals surface area contributed by atoms with E-state index in [0.29, 0.717) is 5.69 Å². The molecule has 0 aliphatic rings. The van der Waals surface area contributed by atoms with Crippen LogP contribution < -0.4 is 0 Å². The quantitative estimate of drug-likeness (QED) is 0.669. The van der Waals surface area contributed by atoms with Gasteiger partial charge in [-0.1, -0.05) is 0 Å². The molecule has 2 atom stereocenters. The zero-order valence-corrected chi connectivity index (χ0v) is 9.76. The van der Waals surface area contributed by atoms with Crippen molar-refractivity contribution in [3.05, 3.63) is 24.3 Å². The molecule has 0 aliphatic carbocycles. The van der Waals surface area contributed by atoms with Crippen molar-refractivity contribution in [3.8, 4) is 0 Å². The molecule has 0 aromatic carbocycles. The minimum absolute atomic E-state index is 0.195. The Morgan fingerprint density at radius 1 is 1.62 bits per heavy atom. The summed E-state index contributed by atoms with van der Waals surface area (Å²) >= 11 is 4.28. The van der Waals surface area contributed by atoms with Crippen LogP contribution in [0, 0.1) is 5.41 Å². The van der Waals surface area contributed by atoms with Gasteiger partial charge in [-0.3, -0.25) is 14.8 Å². The largest absolute Gasteiger partial charge is 0.481 e. The second-order valence-corrected chi connectivity index (χ2v) is 4.50. The lowest BCUT2D eigenvalue weighted by atomic mass is 9.85. The predicted octanol–water partition coefficient (Wildman–Crippen LogP) is 0.921. The summed E-state index contributed by atoms with van der Waals surface area (Å²) in [6, 6.07) is 0. The smallest absolute Gasteiger partial charge is 0.311 e. The first-order valence-electron chi connectivity index (χ1n) is 4.78. The second-order valence-electron chi connectivity index (χ2n) is 3.87. The molecule has 0 spiro atoms. The van der Waals surface area contributed by atoms with Crippen LogP contribution in [-0.4, -0.2) is 32.8 Å². The molecule has 0 bridgehead atoms. The third-order valence-electron chi connectivity index (χ3n) is 2.43. The second kappa shape index (κ2) is 5.27. The molecule has 0 radical (unpaired) electrons. The van der Waals surface area contributed by atoms with Crippen LogP contribution in [0.3, 0.4) is 0 Å². The highest BCUT2D eigenvalue weighted by molar-refractivity contribution is 7.80. The van der Waals surface area contributed by atoms with Gasteiger partial charge in [-0.15, -0.1) is 0 Å². The standard InChI is InChI=1S/C10H14N2O3S/c1-10(6-13,9(14)15)4-8(16)7-5-11-2-3-12-7/h2-3,5,8,13,16H,4,6H2,1H3,(H,14,15). The third-order valence-corrected chi connectivity index (χ3v) is 2.88. The van der Waals surface area contributed by atoms with E-state index in [0.717, 1.165) is 0 Å². The lowest BCUT2D eigenvalue weighted by molar-refractivity contribution is -0.150. The normalized spacial score (nSPS) is 16.4. The Kier molecular flexibility index (Phi) is 4.26. The first-order chi connectivity index (χ1) is 7.49. The van der Waals surface area contributed by atoms with Gasteiger partial charge >= 0.3 is 5.97 Å². The molecule has 0 fully saturated rings. The molecule has 0 saturated heterocycles. The molecule has 0 saturated carbocycles. The molecular formula is C10H14N2O3S. The first-order valence-corrected chi connectivity index (χ1v) is 5.29. The van der Waals surface area contributed by atoms with Gasteiger partial charge in [-0.2, -0.15) is 12.6 Å². The summed E-state index contributed by atoms with van der Waals surface area (Å²) in [5.74, 6) is -1.04. The fraction of sp³-hybridized carbons (Fsp3) is 0.500. The summed E-state index contributed by atoms with van der Waals surface area (Å²) in [5, 5.41) is 17.7. The molecule has 2 N–H and O–H groups in total. The van der Waals surface area contributed by atoms with Crippen LogP contribution in [-0.2, 0) is 4.79 Å². The van der Waals surface area contributed by atoms with Crippen LogP contribution in [0.2, 0.25) is 0 Å². The Morgan fingerprint density at radius 3 is 2.75 bits per heavy atom. The lowest BCUT2D eigenvalue weighted by Gasteiger charge is -2.24. The maximum Gasteiger partial charge on any atom is 0.311 e. The van der Waals surface area contributed by atoms with Crippen LogP contribution in [0.4, 0.5) is 0 Å². The fourth-order valence-corrected chi connectivity index (χ4v) is 1.77. The van der Waals surface area contributed by atoms with Crippen molar-refractivity contribution in [1.82, 2.24) is 9.97 Å². The van der Waals surface area contributed by atoms with Crippen molar-refractivity contribution in [2.75, 3.05) is 6.61 Å². The van der Waals surface area contributed by atoms with E-state index in [1.165, 1.54) is 25.5 Å². The molecule has 16 heavy (non-hydrogen) atoms. The van der Waals surface area contributed by atoms with Crippen LogP contribution in [0.15, 0.2) is 18.6 Å². The van der Waals surface area contributed by atoms with E-state index in [4.69, 9.17) is 10.2 Å². The number of carboxylic acids is 1. The average Bonchev–Trinajstić information content (AvgIpc) is 2.29. The summed E-state index contributed by atoms with van der Waals surface area (Å²) in [6.07, 6.45) is 4.79. The zero-order valence-electron chi connectivity index (χ0n) is 8.87. The number of hydrogen-bond acceptors (Lipinski definition) is 5. The SMILES string of the molecule is CC(CO)(CC(S)c1cnccn1)C(=O)O. The Morgan fingerprint density at radius 2 is 2.31 bits per heavy atom. The number of thiol groups is 1. The molecule has 2 unspecified atom stereocenters. The van der Waals surface area contributed by atoms with Crippen molar-refractivity contribution in [1.29, 1.82) is 0 Å². The van der Waals surface area contributed by atoms with Crippen molar-refractivity contribution in [3.63, 3.8) is 0 Å².